The van der Waals surface area contributed by atoms with Crippen molar-refractivity contribution in [3.63, 3.8) is 0 Å². The van der Waals surface area contributed by atoms with Crippen LogP contribution < -0.4 is 5.32 Å². The van der Waals surface area contributed by atoms with Gasteiger partial charge in [-0.3, -0.25) is 9.59 Å². The molecule has 2 aliphatic heterocycles. The van der Waals surface area contributed by atoms with Crippen LogP contribution in [-0.4, -0.2) is 53.8 Å². The maximum absolute atomic E-state index is 14.0. The number of halogens is 2. The largest absolute Gasteiger partial charge is 0.354 e. The Morgan fingerprint density at radius 3 is 2.79 bits per heavy atom. The van der Waals surface area contributed by atoms with Crippen LogP contribution in [0.3, 0.4) is 0 Å². The molecule has 0 unspecified atom stereocenters. The molecule has 1 aromatic carbocycles. The van der Waals surface area contributed by atoms with Gasteiger partial charge in [0.05, 0.1) is 5.41 Å². The highest BCUT2D eigenvalue weighted by Gasteiger charge is 2.48. The van der Waals surface area contributed by atoms with E-state index < -0.39 is 17.0 Å². The van der Waals surface area contributed by atoms with Gasteiger partial charge in [0.1, 0.15) is 0 Å². The molecule has 28 heavy (non-hydrogen) atoms. The Labute approximate surface area is 165 Å². The molecule has 154 valence electrons. The van der Waals surface area contributed by atoms with E-state index in [0.29, 0.717) is 26.1 Å². The van der Waals surface area contributed by atoms with Crippen molar-refractivity contribution in [2.45, 2.75) is 52.1 Å². The minimum atomic E-state index is -0.886. The van der Waals surface area contributed by atoms with Gasteiger partial charge in [-0.25, -0.2) is 8.78 Å². The average molecular weight is 393 g/mol. The first kappa shape index (κ1) is 20.7. The average Bonchev–Trinajstić information content (AvgIpc) is 3.05. The molecule has 7 heteroatoms. The molecule has 0 aromatic heterocycles. The molecule has 1 N–H and O–H groups in total. The van der Waals surface area contributed by atoms with Gasteiger partial charge in [-0.15, -0.1) is 0 Å². The van der Waals surface area contributed by atoms with E-state index in [4.69, 9.17) is 0 Å². The number of carbonyl (C=O) groups is 2. The van der Waals surface area contributed by atoms with E-state index in [1.807, 2.05) is 13.8 Å². The van der Waals surface area contributed by atoms with Crippen molar-refractivity contribution in [1.82, 2.24) is 15.1 Å². The third kappa shape index (κ3) is 4.51. The summed E-state index contributed by atoms with van der Waals surface area (Å²) in [5.74, 6) is -1.71. The molecule has 1 spiro atoms. The van der Waals surface area contributed by atoms with E-state index in [1.165, 1.54) is 12.1 Å². The van der Waals surface area contributed by atoms with Crippen molar-refractivity contribution in [1.29, 1.82) is 0 Å². The molecule has 1 aromatic rings. The number of nitrogens with one attached hydrogen (secondary N) is 1. The van der Waals surface area contributed by atoms with Gasteiger partial charge in [0, 0.05) is 44.2 Å². The van der Waals surface area contributed by atoms with E-state index in [-0.39, 0.29) is 30.0 Å². The zero-order valence-corrected chi connectivity index (χ0v) is 16.6. The van der Waals surface area contributed by atoms with Crippen LogP contribution in [-0.2, 0) is 16.1 Å². The number of nitrogens with zero attached hydrogens (tertiary/aromatic N) is 2. The molecule has 2 saturated heterocycles. The first-order valence-corrected chi connectivity index (χ1v) is 10.0. The lowest BCUT2D eigenvalue weighted by atomic mass is 9.78. The van der Waals surface area contributed by atoms with Gasteiger partial charge in [-0.1, -0.05) is 12.1 Å². The smallest absolute Gasteiger partial charge is 0.230 e. The van der Waals surface area contributed by atoms with Crippen molar-refractivity contribution in [3.05, 3.63) is 35.4 Å². The highest BCUT2D eigenvalue weighted by Crippen LogP contribution is 2.40. The minimum absolute atomic E-state index is 0.0223. The van der Waals surface area contributed by atoms with Gasteiger partial charge in [-0.05, 0) is 45.7 Å². The van der Waals surface area contributed by atoms with E-state index in [2.05, 4.69) is 10.2 Å². The zero-order chi connectivity index (χ0) is 20.3. The normalized spacial score (nSPS) is 23.0. The predicted octanol–water partition coefficient (Wildman–Crippen LogP) is 2.69. The van der Waals surface area contributed by atoms with Crippen molar-refractivity contribution in [2.24, 2.45) is 5.41 Å². The maximum atomic E-state index is 14.0. The van der Waals surface area contributed by atoms with Gasteiger partial charge in [0.2, 0.25) is 11.8 Å². The predicted molar refractivity (Wildman–Crippen MR) is 102 cm³/mol. The van der Waals surface area contributed by atoms with Crippen molar-refractivity contribution >= 4 is 11.8 Å². The third-order valence-corrected chi connectivity index (χ3v) is 5.75. The van der Waals surface area contributed by atoms with Gasteiger partial charge in [0.15, 0.2) is 11.6 Å². The molecule has 1 atom stereocenters. The van der Waals surface area contributed by atoms with Crippen LogP contribution in [0, 0.1) is 17.0 Å². The number of piperidine rings is 1. The van der Waals surface area contributed by atoms with Gasteiger partial charge in [0.25, 0.3) is 0 Å². The summed E-state index contributed by atoms with van der Waals surface area (Å²) in [5, 5.41) is 2.88. The molecule has 0 saturated carbocycles. The Hall–Kier alpha value is -2.02. The molecule has 3 rings (SSSR count). The monoisotopic (exact) mass is 393 g/mol. The second kappa shape index (κ2) is 8.55. The SMILES string of the molecule is CC(C)NC(=O)CCN1CC[C@]2(CCCN(Cc3cccc(F)c3F)C2=O)C1. The zero-order valence-electron chi connectivity index (χ0n) is 16.6. The Balaban J connectivity index is 1.61. The minimum Gasteiger partial charge on any atom is -0.354 e. The molecular formula is C21H29F2N3O2. The Morgan fingerprint density at radius 2 is 2.04 bits per heavy atom. The standard InChI is InChI=1S/C21H29F2N3O2/c1-15(2)24-18(27)7-11-25-12-9-21(14-25)8-4-10-26(20(21)28)13-16-5-3-6-17(22)19(16)23/h3,5-6,15H,4,7-14H2,1-2H3,(H,24,27)/t21-/m1/s1. The number of amides is 2. The number of hydrogen-bond acceptors (Lipinski definition) is 3. The molecule has 0 bridgehead atoms. The number of benzene rings is 1. The van der Waals surface area contributed by atoms with Gasteiger partial charge < -0.3 is 15.1 Å². The Bertz CT molecular complexity index is 740. The van der Waals surface area contributed by atoms with Crippen molar-refractivity contribution < 1.29 is 18.4 Å². The van der Waals surface area contributed by atoms with Crippen molar-refractivity contribution in [3.8, 4) is 0 Å². The van der Waals surface area contributed by atoms with Gasteiger partial charge in [-0.2, -0.15) is 0 Å². The number of hydrogen-bond donors (Lipinski definition) is 1. The summed E-state index contributed by atoms with van der Waals surface area (Å²) in [5.41, 5.74) is -0.248. The molecule has 2 amide bonds. The lowest BCUT2D eigenvalue weighted by molar-refractivity contribution is -0.146. The molecule has 5 nitrogen and oxygen atoms in total. The van der Waals surface area contributed by atoms with Crippen LogP contribution in [0.2, 0.25) is 0 Å². The first-order valence-electron chi connectivity index (χ1n) is 10.0. The summed E-state index contributed by atoms with van der Waals surface area (Å²) in [6.07, 6.45) is 2.83. The maximum Gasteiger partial charge on any atom is 0.230 e. The van der Waals surface area contributed by atoms with Crippen LogP contribution in [0.25, 0.3) is 0 Å². The number of likely N-dealkylation sites (tertiary alicyclic amines) is 2. The Morgan fingerprint density at radius 1 is 1.25 bits per heavy atom. The highest BCUT2D eigenvalue weighted by atomic mass is 19.2. The van der Waals surface area contributed by atoms with Crippen LogP contribution in [0.4, 0.5) is 8.78 Å². The third-order valence-electron chi connectivity index (χ3n) is 5.75. The first-order chi connectivity index (χ1) is 13.3. The van der Waals surface area contributed by atoms with E-state index in [1.54, 1.807) is 4.90 Å². The van der Waals surface area contributed by atoms with Crippen LogP contribution in [0.5, 0.6) is 0 Å². The quantitative estimate of drug-likeness (QED) is 0.809. The summed E-state index contributed by atoms with van der Waals surface area (Å²) in [7, 11) is 0. The molecule has 2 aliphatic rings. The van der Waals surface area contributed by atoms with Crippen LogP contribution in [0.15, 0.2) is 18.2 Å². The van der Waals surface area contributed by atoms with E-state index >= 15 is 0 Å². The fraction of sp³-hybridized carbons (Fsp3) is 0.619. The molecular weight excluding hydrogens is 364 g/mol. The molecule has 2 heterocycles. The van der Waals surface area contributed by atoms with Crippen LogP contribution >= 0.6 is 0 Å². The highest BCUT2D eigenvalue weighted by molar-refractivity contribution is 5.84. The molecule has 0 radical (unpaired) electrons. The summed E-state index contributed by atoms with van der Waals surface area (Å²) in [4.78, 5) is 28.9. The topological polar surface area (TPSA) is 52.7 Å². The second-order valence-corrected chi connectivity index (χ2v) is 8.32. The second-order valence-electron chi connectivity index (χ2n) is 8.32. The fourth-order valence-corrected chi connectivity index (χ4v) is 4.36. The summed E-state index contributed by atoms with van der Waals surface area (Å²) >= 11 is 0. The number of carbonyl (C=O) groups excluding carboxylic acids is 2. The number of rotatable bonds is 6. The fourth-order valence-electron chi connectivity index (χ4n) is 4.36. The van der Waals surface area contributed by atoms with E-state index in [0.717, 1.165) is 31.9 Å². The van der Waals surface area contributed by atoms with E-state index in [9.17, 15) is 18.4 Å². The van der Waals surface area contributed by atoms with Crippen LogP contribution in [0.1, 0.15) is 45.1 Å². The summed E-state index contributed by atoms with van der Waals surface area (Å²) in [6.45, 7) is 6.56. The lowest BCUT2D eigenvalue weighted by Crippen LogP contribution is -2.49. The molecule has 0 aliphatic carbocycles. The lowest BCUT2D eigenvalue weighted by Gasteiger charge is -2.39. The molecule has 2 fully saturated rings. The summed E-state index contributed by atoms with van der Waals surface area (Å²) in [6, 6.07) is 4.20. The van der Waals surface area contributed by atoms with Gasteiger partial charge >= 0.3 is 0 Å². The van der Waals surface area contributed by atoms with Crippen molar-refractivity contribution in [2.75, 3.05) is 26.2 Å². The summed E-state index contributed by atoms with van der Waals surface area (Å²) < 4.78 is 27.5. The Kier molecular flexibility index (Phi) is 6.33.